The van der Waals surface area contributed by atoms with Gasteiger partial charge in [0, 0.05) is 18.9 Å². The summed E-state index contributed by atoms with van der Waals surface area (Å²) in [6.45, 7) is 0.646. The molecule has 2 heterocycles. The van der Waals surface area contributed by atoms with E-state index in [4.69, 9.17) is 5.73 Å². The van der Waals surface area contributed by atoms with Crippen molar-refractivity contribution < 1.29 is 9.53 Å². The van der Waals surface area contributed by atoms with Crippen molar-refractivity contribution in [3.63, 3.8) is 0 Å². The van der Waals surface area contributed by atoms with Crippen molar-refractivity contribution in [2.75, 3.05) is 24.7 Å². The van der Waals surface area contributed by atoms with Crippen molar-refractivity contribution in [2.45, 2.75) is 6.42 Å². The lowest BCUT2D eigenvalue weighted by molar-refractivity contribution is 0.0594. The number of carbonyl (C=O) groups excluding carboxylic acids is 1. The zero-order chi connectivity index (χ0) is 14.4. The second-order valence-corrected chi connectivity index (χ2v) is 4.16. The number of pyridine rings is 2. The molecule has 6 nitrogen and oxygen atoms in total. The van der Waals surface area contributed by atoms with Gasteiger partial charge in [-0.15, -0.1) is 0 Å². The molecule has 2 aromatic rings. The fourth-order valence-electron chi connectivity index (χ4n) is 1.70. The molecule has 3 N–H and O–H groups in total. The van der Waals surface area contributed by atoms with Gasteiger partial charge in [-0.1, -0.05) is 6.07 Å². The van der Waals surface area contributed by atoms with Crippen LogP contribution in [0, 0.1) is 0 Å². The molecular formula is C14H16N4O2. The number of hydrogen-bond acceptors (Lipinski definition) is 6. The minimum atomic E-state index is -0.486. The van der Waals surface area contributed by atoms with Gasteiger partial charge in [0.15, 0.2) is 5.69 Å². The highest BCUT2D eigenvalue weighted by Crippen LogP contribution is 2.16. The molecule has 0 aliphatic rings. The van der Waals surface area contributed by atoms with Crippen LogP contribution in [-0.4, -0.2) is 29.6 Å². The van der Waals surface area contributed by atoms with Gasteiger partial charge >= 0.3 is 5.97 Å². The van der Waals surface area contributed by atoms with E-state index in [0.717, 1.165) is 12.0 Å². The van der Waals surface area contributed by atoms with Crippen LogP contribution >= 0.6 is 0 Å². The summed E-state index contributed by atoms with van der Waals surface area (Å²) in [4.78, 5) is 19.6. The molecule has 6 heteroatoms. The van der Waals surface area contributed by atoms with E-state index in [9.17, 15) is 4.79 Å². The monoisotopic (exact) mass is 272 g/mol. The first-order chi connectivity index (χ1) is 9.70. The van der Waals surface area contributed by atoms with Gasteiger partial charge in [-0.25, -0.2) is 9.78 Å². The number of nitrogen functional groups attached to an aromatic ring is 1. The van der Waals surface area contributed by atoms with Gasteiger partial charge < -0.3 is 15.8 Å². The van der Waals surface area contributed by atoms with Crippen LogP contribution in [-0.2, 0) is 11.2 Å². The van der Waals surface area contributed by atoms with Crippen LogP contribution in [0.25, 0.3) is 0 Å². The molecule has 0 aromatic carbocycles. The smallest absolute Gasteiger partial charge is 0.356 e. The highest BCUT2D eigenvalue weighted by Gasteiger charge is 2.10. The third kappa shape index (κ3) is 3.44. The maximum atomic E-state index is 11.4. The lowest BCUT2D eigenvalue weighted by Crippen LogP contribution is -2.12. The van der Waals surface area contributed by atoms with E-state index in [2.05, 4.69) is 20.0 Å². The number of nitrogens with two attached hydrogens (primary N) is 1. The minimum Gasteiger partial charge on any atom is -0.464 e. The average molecular weight is 272 g/mol. The number of ether oxygens (including phenoxy) is 1. The van der Waals surface area contributed by atoms with Gasteiger partial charge in [0.2, 0.25) is 0 Å². The molecule has 0 radical (unpaired) electrons. The molecule has 0 aliphatic carbocycles. The molecule has 0 saturated heterocycles. The van der Waals surface area contributed by atoms with E-state index < -0.39 is 5.97 Å². The van der Waals surface area contributed by atoms with Gasteiger partial charge in [-0.3, -0.25) is 4.98 Å². The van der Waals surface area contributed by atoms with E-state index >= 15 is 0 Å². The van der Waals surface area contributed by atoms with Crippen molar-refractivity contribution in [3.8, 4) is 0 Å². The standard InChI is InChI=1S/C14H16N4O2/c1-20-14(19)12-5-4-11(15)13(18-12)17-8-6-10-3-2-7-16-9-10/h2-5,7,9H,6,8,15H2,1H3,(H,17,18). The number of anilines is 2. The maximum Gasteiger partial charge on any atom is 0.356 e. The zero-order valence-electron chi connectivity index (χ0n) is 11.2. The summed E-state index contributed by atoms with van der Waals surface area (Å²) in [7, 11) is 1.32. The number of nitrogens with zero attached hydrogens (tertiary/aromatic N) is 2. The van der Waals surface area contributed by atoms with Gasteiger partial charge in [0.1, 0.15) is 5.82 Å². The molecule has 0 aliphatic heterocycles. The Morgan fingerprint density at radius 2 is 2.25 bits per heavy atom. The molecule has 0 saturated carbocycles. The normalized spacial score (nSPS) is 10.1. The minimum absolute atomic E-state index is 0.227. The molecule has 0 bridgehead atoms. The third-order valence-electron chi connectivity index (χ3n) is 2.75. The Bertz CT molecular complexity index is 587. The molecular weight excluding hydrogens is 256 g/mol. The van der Waals surface area contributed by atoms with Gasteiger partial charge in [0.05, 0.1) is 12.8 Å². The second kappa shape index (κ2) is 6.51. The van der Waals surface area contributed by atoms with Crippen LogP contribution in [0.2, 0.25) is 0 Å². The number of hydrogen-bond donors (Lipinski definition) is 2. The van der Waals surface area contributed by atoms with Crippen molar-refractivity contribution in [2.24, 2.45) is 0 Å². The number of rotatable bonds is 5. The van der Waals surface area contributed by atoms with Gasteiger partial charge in [0.25, 0.3) is 0 Å². The molecule has 0 unspecified atom stereocenters. The Labute approximate surface area is 117 Å². The molecule has 104 valence electrons. The SMILES string of the molecule is COC(=O)c1ccc(N)c(NCCc2cccnc2)n1. The zero-order valence-corrected chi connectivity index (χ0v) is 11.2. The van der Waals surface area contributed by atoms with Gasteiger partial charge in [-0.05, 0) is 30.2 Å². The summed E-state index contributed by atoms with van der Waals surface area (Å²) in [5.74, 6) is -0.00269. The number of carbonyl (C=O) groups is 1. The fourth-order valence-corrected chi connectivity index (χ4v) is 1.70. The van der Waals surface area contributed by atoms with E-state index in [1.54, 1.807) is 12.3 Å². The third-order valence-corrected chi connectivity index (χ3v) is 2.75. The number of methoxy groups -OCH3 is 1. The average Bonchev–Trinajstić information content (AvgIpc) is 2.49. The van der Waals surface area contributed by atoms with E-state index in [0.29, 0.717) is 18.1 Å². The van der Waals surface area contributed by atoms with Crippen LogP contribution in [0.5, 0.6) is 0 Å². The lowest BCUT2D eigenvalue weighted by atomic mass is 10.2. The molecule has 2 rings (SSSR count). The second-order valence-electron chi connectivity index (χ2n) is 4.16. The molecule has 0 atom stereocenters. The summed E-state index contributed by atoms with van der Waals surface area (Å²) in [5.41, 5.74) is 7.65. The Kier molecular flexibility index (Phi) is 4.49. The highest BCUT2D eigenvalue weighted by molar-refractivity contribution is 5.88. The summed E-state index contributed by atoms with van der Waals surface area (Å²) in [6.07, 6.45) is 4.33. The molecule has 0 amide bonds. The van der Waals surface area contributed by atoms with E-state index in [1.165, 1.54) is 13.2 Å². The van der Waals surface area contributed by atoms with Crippen LogP contribution in [0.1, 0.15) is 16.1 Å². The first-order valence-electron chi connectivity index (χ1n) is 6.18. The number of aromatic nitrogens is 2. The Balaban J connectivity index is 2.00. The van der Waals surface area contributed by atoms with Crippen LogP contribution in [0.4, 0.5) is 11.5 Å². The number of nitrogens with one attached hydrogen (secondary N) is 1. The van der Waals surface area contributed by atoms with Gasteiger partial charge in [-0.2, -0.15) is 0 Å². The topological polar surface area (TPSA) is 90.1 Å². The largest absolute Gasteiger partial charge is 0.464 e. The first-order valence-corrected chi connectivity index (χ1v) is 6.18. The van der Waals surface area contributed by atoms with Crippen molar-refractivity contribution >= 4 is 17.5 Å². The highest BCUT2D eigenvalue weighted by atomic mass is 16.5. The van der Waals surface area contributed by atoms with Crippen molar-refractivity contribution in [1.29, 1.82) is 0 Å². The lowest BCUT2D eigenvalue weighted by Gasteiger charge is -2.09. The quantitative estimate of drug-likeness (QED) is 0.802. The maximum absolute atomic E-state index is 11.4. The summed E-state index contributed by atoms with van der Waals surface area (Å²) in [6, 6.07) is 7.05. The molecule has 20 heavy (non-hydrogen) atoms. The van der Waals surface area contributed by atoms with Crippen LogP contribution < -0.4 is 11.1 Å². The molecule has 2 aromatic heterocycles. The predicted molar refractivity (Wildman–Crippen MR) is 76.4 cm³/mol. The Morgan fingerprint density at radius 1 is 1.40 bits per heavy atom. The molecule has 0 spiro atoms. The summed E-state index contributed by atoms with van der Waals surface area (Å²) in [5, 5.41) is 3.11. The van der Waals surface area contributed by atoms with E-state index in [-0.39, 0.29) is 5.69 Å². The first kappa shape index (κ1) is 13.8. The Hall–Kier alpha value is -2.63. The summed E-state index contributed by atoms with van der Waals surface area (Å²) >= 11 is 0. The van der Waals surface area contributed by atoms with Crippen molar-refractivity contribution in [1.82, 2.24) is 9.97 Å². The number of esters is 1. The van der Waals surface area contributed by atoms with Crippen LogP contribution in [0.15, 0.2) is 36.7 Å². The molecule has 0 fully saturated rings. The summed E-state index contributed by atoms with van der Waals surface area (Å²) < 4.78 is 4.63. The Morgan fingerprint density at radius 3 is 2.95 bits per heavy atom. The van der Waals surface area contributed by atoms with Crippen molar-refractivity contribution in [3.05, 3.63) is 47.9 Å². The van der Waals surface area contributed by atoms with Crippen LogP contribution in [0.3, 0.4) is 0 Å². The fraction of sp³-hybridized carbons (Fsp3) is 0.214. The van der Waals surface area contributed by atoms with E-state index in [1.807, 2.05) is 18.3 Å². The predicted octanol–water partition coefficient (Wildman–Crippen LogP) is 1.50.